The molecule has 1 aliphatic rings. The molecule has 2 unspecified atom stereocenters. The first-order valence-corrected chi connectivity index (χ1v) is 22.5. The molecule has 2 amide bonds. The van der Waals surface area contributed by atoms with E-state index in [1.165, 1.54) is 13.8 Å². The maximum atomic E-state index is 12.7. The summed E-state index contributed by atoms with van der Waals surface area (Å²) in [6, 6.07) is 0. The zero-order valence-electron chi connectivity index (χ0n) is 30.9. The molecule has 3 heterocycles. The molecule has 1 aliphatic heterocycles. The van der Waals surface area contributed by atoms with Crippen LogP contribution in [0, 0.1) is 5.41 Å². The number of nitrogens with zero attached hydrogens (tertiary/aromatic N) is 4. The Morgan fingerprint density at radius 1 is 1.09 bits per heavy atom. The van der Waals surface area contributed by atoms with Gasteiger partial charge in [0.05, 0.1) is 19.5 Å². The summed E-state index contributed by atoms with van der Waals surface area (Å²) < 4.78 is 62.1. The molecule has 7 atom stereocenters. The monoisotopic (exact) mass is 889 g/mol. The minimum absolute atomic E-state index is 0.0298. The summed E-state index contributed by atoms with van der Waals surface area (Å²) in [5.74, 6) is -1.13. The fourth-order valence-corrected chi connectivity index (χ4v) is 8.27. The molecule has 24 nitrogen and oxygen atoms in total. The molecule has 0 aromatic carbocycles. The van der Waals surface area contributed by atoms with Crippen molar-refractivity contribution in [1.82, 2.24) is 30.2 Å². The largest absolute Gasteiger partial charge is 0.481 e. The summed E-state index contributed by atoms with van der Waals surface area (Å²) in [5, 5.41) is 26.3. The molecular formula is C29H46N7O17P3S. The van der Waals surface area contributed by atoms with Crippen molar-refractivity contribution < 1.29 is 80.5 Å². The van der Waals surface area contributed by atoms with E-state index < -0.39 is 84.6 Å². The van der Waals surface area contributed by atoms with Gasteiger partial charge in [0.15, 0.2) is 22.8 Å². The number of nitrogens with two attached hydrogens (primary N) is 1. The highest BCUT2D eigenvalue weighted by atomic mass is 32.2. The number of fused-ring (bicyclic) bond motifs is 1. The average molecular weight is 890 g/mol. The number of nitrogen functional groups attached to an aromatic ring is 1. The number of carbonyl (C=O) groups excluding carboxylic acids is 3. The first kappa shape index (κ1) is 48.4. The Hall–Kier alpha value is -2.92. The summed E-state index contributed by atoms with van der Waals surface area (Å²) in [6.07, 6.45) is -1.38. The molecule has 2 aromatic heterocycles. The second-order valence-electron chi connectivity index (χ2n) is 12.9. The summed E-state index contributed by atoms with van der Waals surface area (Å²) in [7, 11) is -16.4. The molecule has 0 radical (unpaired) electrons. The fraction of sp³-hybridized carbons (Fsp3) is 0.621. The van der Waals surface area contributed by atoms with Gasteiger partial charge in [0.25, 0.3) is 0 Å². The van der Waals surface area contributed by atoms with Crippen LogP contribution < -0.4 is 16.4 Å². The van der Waals surface area contributed by atoms with Crippen molar-refractivity contribution in [2.75, 3.05) is 37.8 Å². The molecule has 0 aliphatic carbocycles. The molecule has 3 rings (SSSR count). The lowest BCUT2D eigenvalue weighted by Crippen LogP contribution is -2.46. The van der Waals surface area contributed by atoms with Gasteiger partial charge in [-0.1, -0.05) is 39.0 Å². The minimum Gasteiger partial charge on any atom is -0.386 e. The van der Waals surface area contributed by atoms with Crippen molar-refractivity contribution in [1.29, 1.82) is 0 Å². The number of phosphoric ester groups is 3. The van der Waals surface area contributed by atoms with Crippen LogP contribution in [0.25, 0.3) is 11.2 Å². The number of ether oxygens (including phenoxy) is 1. The maximum absolute atomic E-state index is 12.7. The Labute approximate surface area is 330 Å². The quantitative estimate of drug-likeness (QED) is 0.0418. The van der Waals surface area contributed by atoms with Crippen LogP contribution in [0.2, 0.25) is 0 Å². The number of allylic oxidation sites excluding steroid dienone is 1. The number of thioether (sulfide) groups is 1. The molecule has 1 fully saturated rings. The van der Waals surface area contributed by atoms with Crippen LogP contribution in [0.1, 0.15) is 52.7 Å². The summed E-state index contributed by atoms with van der Waals surface area (Å²) >= 11 is 1.05. The molecule has 0 bridgehead atoms. The summed E-state index contributed by atoms with van der Waals surface area (Å²) in [5.41, 5.74) is 7.18. The van der Waals surface area contributed by atoms with Gasteiger partial charge < -0.3 is 50.9 Å². The second kappa shape index (κ2) is 21.4. The number of carbonyl (C=O) groups is 3. The van der Waals surface area contributed by atoms with E-state index in [0.29, 0.717) is 5.75 Å². The minimum atomic E-state index is -5.57. The van der Waals surface area contributed by atoms with Crippen molar-refractivity contribution in [3.8, 4) is 0 Å². The van der Waals surface area contributed by atoms with Crippen LogP contribution in [-0.4, -0.2) is 123 Å². The summed E-state index contributed by atoms with van der Waals surface area (Å²) in [4.78, 5) is 87.5. The number of aliphatic hydroxyl groups excluding tert-OH is 2. The van der Waals surface area contributed by atoms with Gasteiger partial charge in [-0.25, -0.2) is 28.6 Å². The van der Waals surface area contributed by atoms with E-state index in [9.17, 15) is 57.9 Å². The van der Waals surface area contributed by atoms with Crippen molar-refractivity contribution in [2.24, 2.45) is 5.41 Å². The van der Waals surface area contributed by atoms with E-state index in [4.69, 9.17) is 19.5 Å². The topological polar surface area (TPSA) is 364 Å². The molecule has 2 aromatic rings. The third-order valence-corrected chi connectivity index (χ3v) is 11.7. The lowest BCUT2D eigenvalue weighted by molar-refractivity contribution is -0.137. The van der Waals surface area contributed by atoms with Gasteiger partial charge in [-0.2, -0.15) is 4.31 Å². The number of imidazole rings is 1. The maximum Gasteiger partial charge on any atom is 0.481 e. The van der Waals surface area contributed by atoms with Gasteiger partial charge in [-0.3, -0.25) is 32.5 Å². The van der Waals surface area contributed by atoms with Gasteiger partial charge in [0, 0.05) is 37.1 Å². The first-order valence-electron chi connectivity index (χ1n) is 17.0. The molecular weight excluding hydrogens is 843 g/mol. The Kier molecular flexibility index (Phi) is 18.2. The van der Waals surface area contributed by atoms with E-state index in [1.807, 2.05) is 13.0 Å². The highest BCUT2D eigenvalue weighted by Crippen LogP contribution is 2.61. The van der Waals surface area contributed by atoms with Gasteiger partial charge in [0.2, 0.25) is 11.8 Å². The Morgan fingerprint density at radius 3 is 2.47 bits per heavy atom. The van der Waals surface area contributed by atoms with Crippen LogP contribution in [-0.2, 0) is 50.7 Å². The van der Waals surface area contributed by atoms with Crippen LogP contribution >= 0.6 is 35.2 Å². The Morgan fingerprint density at radius 2 is 1.79 bits per heavy atom. The van der Waals surface area contributed by atoms with Crippen molar-refractivity contribution in [3.63, 3.8) is 0 Å². The predicted molar refractivity (Wildman–Crippen MR) is 199 cm³/mol. The van der Waals surface area contributed by atoms with Crippen LogP contribution in [0.3, 0.4) is 0 Å². The summed E-state index contributed by atoms with van der Waals surface area (Å²) in [6.45, 7) is 2.50. The average Bonchev–Trinajstić information content (AvgIpc) is 3.68. The smallest absolute Gasteiger partial charge is 0.386 e. The molecule has 10 N–H and O–H groups in total. The Balaban J connectivity index is 1.47. The van der Waals surface area contributed by atoms with Gasteiger partial charge >= 0.3 is 23.5 Å². The number of aromatic nitrogens is 4. The van der Waals surface area contributed by atoms with E-state index in [2.05, 4.69) is 40.2 Å². The number of hydrogen-bond acceptors (Lipinski definition) is 18. The number of hydrogen-bond donors (Lipinski definition) is 9. The Bertz CT molecular complexity index is 1920. The molecule has 320 valence electrons. The SMILES string of the molecule is CCCC=C=CCC(=O)SCCNC(=O)CCNC(=O)[C@H](O)C(C)(C)COP(=O)(O)OP(=O)(O)OC[C@H]1O[C@H](n2cnc3c(N)ncnc32)[C@H](O)[C@@H]1OP(=O)(O)O. The first-order chi connectivity index (χ1) is 26.6. The zero-order valence-corrected chi connectivity index (χ0v) is 34.3. The standard InChI is InChI=1S/C29H46N7O17P3S/c1-4-5-6-7-8-9-20(38)57-13-12-31-19(37)10-11-32-27(41)24(40)29(2,3)15-50-56(47,48)53-55(45,46)49-14-18-23(52-54(42,43)44)22(39)28(51-18)36-17-35-21-25(30)33-16-34-26(21)36/h6,8,16-18,22-24,28,39-40H,4-5,9-15H2,1-3H3,(H,31,37)(H,32,41)(H,45,46)(H,47,48)(H2,30,33,34)(H2,42,43,44)/t7?,18-,22-,23-,24+,28+/m1/s1. The van der Waals surface area contributed by atoms with Gasteiger partial charge in [0.1, 0.15) is 36.3 Å². The molecule has 28 heteroatoms. The number of aliphatic hydroxyl groups is 2. The molecule has 1 saturated heterocycles. The van der Waals surface area contributed by atoms with Crippen molar-refractivity contribution >= 4 is 69.1 Å². The van der Waals surface area contributed by atoms with Gasteiger partial charge in [-0.15, -0.1) is 5.73 Å². The lowest BCUT2D eigenvalue weighted by atomic mass is 9.87. The number of anilines is 1. The van der Waals surface area contributed by atoms with Crippen LogP contribution in [0.4, 0.5) is 5.82 Å². The van der Waals surface area contributed by atoms with Crippen molar-refractivity contribution in [3.05, 3.63) is 30.5 Å². The van der Waals surface area contributed by atoms with Crippen LogP contribution in [0.15, 0.2) is 30.5 Å². The molecule has 0 spiro atoms. The van der Waals surface area contributed by atoms with Gasteiger partial charge in [-0.05, 0) is 18.6 Å². The van der Waals surface area contributed by atoms with Crippen molar-refractivity contribution in [2.45, 2.75) is 77.1 Å². The predicted octanol–water partition coefficient (Wildman–Crippen LogP) is 0.566. The van der Waals surface area contributed by atoms with E-state index in [-0.39, 0.29) is 48.0 Å². The third kappa shape index (κ3) is 15.6. The third-order valence-electron chi connectivity index (χ3n) is 7.70. The lowest BCUT2D eigenvalue weighted by Gasteiger charge is -2.30. The second-order valence-corrected chi connectivity index (χ2v) is 18.2. The molecule has 0 saturated carbocycles. The number of nitrogens with one attached hydrogen (secondary N) is 2. The highest BCUT2D eigenvalue weighted by molar-refractivity contribution is 8.13. The highest BCUT2D eigenvalue weighted by Gasteiger charge is 2.50. The van der Waals surface area contributed by atoms with E-state index in [1.54, 1.807) is 6.08 Å². The number of rotatable bonds is 23. The van der Waals surface area contributed by atoms with E-state index in [0.717, 1.165) is 41.8 Å². The molecule has 57 heavy (non-hydrogen) atoms. The number of amides is 2. The number of phosphoric acid groups is 3. The fourth-order valence-electron chi connectivity index (χ4n) is 4.81. The number of unbranched alkanes of at least 4 members (excludes halogenated alkanes) is 1. The van der Waals surface area contributed by atoms with E-state index >= 15 is 0 Å². The zero-order chi connectivity index (χ0) is 42.6. The normalized spacial score (nSPS) is 21.2. The van der Waals surface area contributed by atoms with Crippen LogP contribution in [0.5, 0.6) is 0 Å².